The van der Waals surface area contributed by atoms with E-state index in [-0.39, 0.29) is 17.9 Å². The molecule has 2 nitrogen and oxygen atoms in total. The zero-order valence-electron chi connectivity index (χ0n) is 14.6. The van der Waals surface area contributed by atoms with Crippen molar-refractivity contribution in [3.8, 4) is 0 Å². The predicted octanol–water partition coefficient (Wildman–Crippen LogP) is 5.78. The van der Waals surface area contributed by atoms with E-state index in [0.29, 0.717) is 11.4 Å². The minimum absolute atomic E-state index is 0.0647. The summed E-state index contributed by atoms with van der Waals surface area (Å²) in [7, 11) is 0. The van der Waals surface area contributed by atoms with Gasteiger partial charge in [0.2, 0.25) is 0 Å². The van der Waals surface area contributed by atoms with Gasteiger partial charge in [-0.1, -0.05) is 54.7 Å². The molecule has 0 saturated carbocycles. The van der Waals surface area contributed by atoms with Gasteiger partial charge in [-0.05, 0) is 42.7 Å². The molecule has 2 aromatic carbocycles. The Balaban J connectivity index is 2.49. The summed E-state index contributed by atoms with van der Waals surface area (Å²) in [6.45, 7) is 3.77. The molecule has 2 rings (SSSR count). The molecule has 0 bridgehead atoms. The number of rotatable bonds is 7. The van der Waals surface area contributed by atoms with Crippen molar-refractivity contribution in [1.82, 2.24) is 0 Å². The van der Waals surface area contributed by atoms with Gasteiger partial charge in [0.15, 0.2) is 4.75 Å². The van der Waals surface area contributed by atoms with Crippen LogP contribution in [0, 0.1) is 11.6 Å². The molecule has 142 valence electrons. The third-order valence-corrected chi connectivity index (χ3v) is 6.65. The van der Waals surface area contributed by atoms with Crippen molar-refractivity contribution < 1.29 is 13.3 Å². The van der Waals surface area contributed by atoms with Gasteiger partial charge in [-0.3, -0.25) is 0 Å². The summed E-state index contributed by atoms with van der Waals surface area (Å²) in [5, 5.41) is 5.88. The highest BCUT2D eigenvalue weighted by Gasteiger charge is 2.45. The van der Waals surface area contributed by atoms with Crippen LogP contribution in [0.1, 0.15) is 43.7 Å². The molecular weight excluding hydrogens is 399 g/mol. The Hall–Kier alpha value is -0.850. The van der Waals surface area contributed by atoms with E-state index in [1.807, 2.05) is 19.1 Å². The second kappa shape index (κ2) is 8.89. The van der Waals surface area contributed by atoms with Crippen molar-refractivity contribution in [2.45, 2.75) is 43.8 Å². The monoisotopic (exact) mass is 419 g/mol. The molecule has 0 aromatic heterocycles. The second-order valence-electron chi connectivity index (χ2n) is 6.51. The van der Waals surface area contributed by atoms with Gasteiger partial charge >= 0.3 is 0 Å². The Morgan fingerprint density at radius 3 is 2.31 bits per heavy atom. The number of halogens is 4. The van der Waals surface area contributed by atoms with Crippen molar-refractivity contribution in [2.75, 3.05) is 0 Å². The third-order valence-electron chi connectivity index (χ3n) is 4.70. The lowest BCUT2D eigenvalue weighted by atomic mass is 9.79. The number of benzene rings is 2. The topological polar surface area (TPSA) is 49.1 Å². The standard InChI is InChI=1S/C19H21Cl2F2NOS/c1-3-4-15(12-5-8-14(20)9-6-12)19(2,26(24)25)11-13-7-10-16(22)17(21)18(13)23/h5-10,15H,3-4,11,24H2,1-2H3. The Morgan fingerprint density at radius 1 is 1.15 bits per heavy atom. The first-order chi connectivity index (χ1) is 12.2. The van der Waals surface area contributed by atoms with Crippen LogP contribution in [0.25, 0.3) is 0 Å². The quantitative estimate of drug-likeness (QED) is 0.456. The molecule has 7 heteroatoms. The van der Waals surface area contributed by atoms with E-state index in [1.165, 1.54) is 6.07 Å². The van der Waals surface area contributed by atoms with Gasteiger partial charge < -0.3 is 4.55 Å². The van der Waals surface area contributed by atoms with Crippen LogP contribution in [-0.4, -0.2) is 9.30 Å². The van der Waals surface area contributed by atoms with E-state index in [4.69, 9.17) is 28.3 Å². The number of hydrogen-bond acceptors (Lipinski definition) is 2. The second-order valence-corrected chi connectivity index (χ2v) is 8.86. The molecule has 2 N–H and O–H groups in total. The van der Waals surface area contributed by atoms with Gasteiger partial charge in [0, 0.05) is 28.7 Å². The maximum Gasteiger partial charge on any atom is 0.153 e. The minimum Gasteiger partial charge on any atom is -0.598 e. The van der Waals surface area contributed by atoms with E-state index < -0.39 is 32.8 Å². The minimum atomic E-state index is -1.76. The van der Waals surface area contributed by atoms with Crippen LogP contribution in [-0.2, 0) is 17.8 Å². The summed E-state index contributed by atoms with van der Waals surface area (Å²) in [4.78, 5) is 0. The summed E-state index contributed by atoms with van der Waals surface area (Å²) < 4.78 is 39.5. The van der Waals surface area contributed by atoms with Crippen molar-refractivity contribution in [2.24, 2.45) is 5.14 Å². The smallest absolute Gasteiger partial charge is 0.153 e. The molecular formula is C19H21Cl2F2NOS. The molecule has 0 fully saturated rings. The first-order valence-corrected chi connectivity index (χ1v) is 10.2. The van der Waals surface area contributed by atoms with Gasteiger partial charge in [-0.2, -0.15) is 5.14 Å². The third kappa shape index (κ3) is 4.52. The number of nitrogens with two attached hydrogens (primary N) is 1. The van der Waals surface area contributed by atoms with Crippen LogP contribution in [0.5, 0.6) is 0 Å². The Kier molecular flexibility index (Phi) is 7.34. The lowest BCUT2D eigenvalue weighted by molar-refractivity contribution is 0.425. The van der Waals surface area contributed by atoms with E-state index >= 15 is 0 Å². The van der Waals surface area contributed by atoms with Crippen LogP contribution in [0.2, 0.25) is 10.0 Å². The lowest BCUT2D eigenvalue weighted by Crippen LogP contribution is -2.47. The zero-order chi connectivity index (χ0) is 19.5. The van der Waals surface area contributed by atoms with Crippen molar-refractivity contribution in [3.05, 3.63) is 69.2 Å². The van der Waals surface area contributed by atoms with E-state index in [0.717, 1.165) is 18.1 Å². The van der Waals surface area contributed by atoms with Gasteiger partial charge in [0.25, 0.3) is 0 Å². The molecule has 26 heavy (non-hydrogen) atoms. The molecule has 3 unspecified atom stereocenters. The molecule has 3 atom stereocenters. The first-order valence-electron chi connectivity index (χ1n) is 8.24. The fourth-order valence-corrected chi connectivity index (χ4v) is 4.37. The van der Waals surface area contributed by atoms with Gasteiger partial charge in [0.1, 0.15) is 16.7 Å². The van der Waals surface area contributed by atoms with Crippen molar-refractivity contribution >= 4 is 34.6 Å². The van der Waals surface area contributed by atoms with E-state index in [9.17, 15) is 13.3 Å². The summed E-state index contributed by atoms with van der Waals surface area (Å²) in [5.41, 5.74) is 1.11. The molecule has 0 amide bonds. The fourth-order valence-electron chi connectivity index (χ4n) is 3.22. The average molecular weight is 420 g/mol. The maximum atomic E-state index is 14.4. The van der Waals surface area contributed by atoms with Crippen LogP contribution < -0.4 is 5.14 Å². The first kappa shape index (κ1) is 21.5. The Morgan fingerprint density at radius 2 is 1.77 bits per heavy atom. The highest BCUT2D eigenvalue weighted by molar-refractivity contribution is 7.90. The fraction of sp³-hybridized carbons (Fsp3) is 0.368. The summed E-state index contributed by atoms with van der Waals surface area (Å²) in [6, 6.07) is 9.68. The Bertz CT molecular complexity index is 758. The van der Waals surface area contributed by atoms with E-state index in [1.54, 1.807) is 19.1 Å². The largest absolute Gasteiger partial charge is 0.598 e. The van der Waals surface area contributed by atoms with Crippen molar-refractivity contribution in [3.63, 3.8) is 0 Å². The molecule has 0 radical (unpaired) electrons. The lowest BCUT2D eigenvalue weighted by Gasteiger charge is -2.37. The van der Waals surface area contributed by atoms with Crippen LogP contribution >= 0.6 is 23.2 Å². The highest BCUT2D eigenvalue weighted by Crippen LogP contribution is 2.41. The Labute approximate surface area is 166 Å². The molecule has 0 aliphatic carbocycles. The van der Waals surface area contributed by atoms with E-state index in [2.05, 4.69) is 0 Å². The number of hydrogen-bond donors (Lipinski definition) is 1. The summed E-state index contributed by atoms with van der Waals surface area (Å²) in [6.07, 6.45) is 1.60. The predicted molar refractivity (Wildman–Crippen MR) is 105 cm³/mol. The molecule has 0 heterocycles. The summed E-state index contributed by atoms with van der Waals surface area (Å²) >= 11 is 9.90. The highest BCUT2D eigenvalue weighted by atomic mass is 35.5. The van der Waals surface area contributed by atoms with Crippen molar-refractivity contribution in [1.29, 1.82) is 0 Å². The van der Waals surface area contributed by atoms with Gasteiger partial charge in [-0.25, -0.2) is 8.78 Å². The van der Waals surface area contributed by atoms with Crippen LogP contribution in [0.3, 0.4) is 0 Å². The molecule has 0 saturated heterocycles. The van der Waals surface area contributed by atoms with Gasteiger partial charge in [0.05, 0.1) is 0 Å². The van der Waals surface area contributed by atoms with Crippen LogP contribution in [0.4, 0.5) is 8.78 Å². The van der Waals surface area contributed by atoms with Crippen LogP contribution in [0.15, 0.2) is 36.4 Å². The normalized spacial score (nSPS) is 16.2. The average Bonchev–Trinajstić information content (AvgIpc) is 2.61. The maximum absolute atomic E-state index is 14.4. The zero-order valence-corrected chi connectivity index (χ0v) is 16.9. The molecule has 2 aromatic rings. The molecule has 0 aliphatic rings. The molecule has 0 spiro atoms. The molecule has 0 aliphatic heterocycles. The summed E-state index contributed by atoms with van der Waals surface area (Å²) in [5.74, 6) is -1.86. The van der Waals surface area contributed by atoms with Gasteiger partial charge in [-0.15, -0.1) is 0 Å². The SMILES string of the molecule is CCCC(c1ccc(Cl)cc1)C(C)(Cc1ccc(F)c(Cl)c1F)[S+](N)[O-].